The van der Waals surface area contributed by atoms with Crippen LogP contribution in [0.15, 0.2) is 0 Å². The number of hydrogen-bond acceptors (Lipinski definition) is 3. The van der Waals surface area contributed by atoms with E-state index in [-0.39, 0.29) is 60.2 Å². The van der Waals surface area contributed by atoms with Gasteiger partial charge in [-0.3, -0.25) is 0 Å². The fourth-order valence-electron chi connectivity index (χ4n) is 0. The molecule has 0 aliphatic rings. The van der Waals surface area contributed by atoms with Gasteiger partial charge in [0.05, 0.1) is 0 Å². The fourth-order valence-corrected chi connectivity index (χ4v) is 0. The molecule has 0 unspecified atom stereocenters. The van der Waals surface area contributed by atoms with E-state index in [2.05, 4.69) is 4.81 Å². The molecule has 0 aliphatic heterocycles. The summed E-state index contributed by atoms with van der Waals surface area (Å²) in [5.74, 6) is 0. The van der Waals surface area contributed by atoms with Crippen molar-refractivity contribution in [2.45, 2.75) is 0 Å². The Kier molecular flexibility index (Phi) is 487. The summed E-state index contributed by atoms with van der Waals surface area (Å²) in [7, 11) is -0.0694. The van der Waals surface area contributed by atoms with E-state index in [0.717, 1.165) is 0 Å². The Hall–Kier alpha value is 0.465. The smallest absolute Gasteiger partial charge is 1.00 e. The standard InChI is InChI=1S/BHO3.Na.4H2O.H/c2-1-4-3;;;;;;/h3H;;4*1H2;/q;+1;;;;;-1. The molecular formula is H10BNaO7. The largest absolute Gasteiger partial charge is 1.00 e. The van der Waals surface area contributed by atoms with Crippen molar-refractivity contribution in [3.8, 4) is 0 Å². The minimum absolute atomic E-state index is 0. The quantitative estimate of drug-likeness (QED) is 0.226. The van der Waals surface area contributed by atoms with Gasteiger partial charge in [-0.2, -0.15) is 0 Å². The Morgan fingerprint density at radius 2 is 1.33 bits per heavy atom. The van der Waals surface area contributed by atoms with Crippen LogP contribution in [-0.2, 0) is 9.51 Å². The zero-order valence-electron chi connectivity index (χ0n) is 5.84. The summed E-state index contributed by atoms with van der Waals surface area (Å²) in [5, 5.41) is 7.01. The molecule has 0 radical (unpaired) electrons. The molecule has 0 aromatic carbocycles. The number of hydrogen-bond donors (Lipinski definition) is 1. The molecule has 7 nitrogen and oxygen atoms in total. The molecule has 9 heteroatoms. The molecule has 0 atom stereocenters. The van der Waals surface area contributed by atoms with Gasteiger partial charge in [0.15, 0.2) is 0 Å². The summed E-state index contributed by atoms with van der Waals surface area (Å²) < 4.78 is 8.70. The Morgan fingerprint density at radius 1 is 1.22 bits per heavy atom. The third-order valence-electron chi connectivity index (χ3n) is 0.0430. The van der Waals surface area contributed by atoms with Crippen LogP contribution in [0.2, 0.25) is 0 Å². The van der Waals surface area contributed by atoms with E-state index in [9.17, 15) is 0 Å². The van der Waals surface area contributed by atoms with Gasteiger partial charge in [-0.1, -0.05) is 0 Å². The summed E-state index contributed by atoms with van der Waals surface area (Å²) in [5.41, 5.74) is 0. The Morgan fingerprint density at radius 3 is 1.33 bits per heavy atom. The van der Waals surface area contributed by atoms with E-state index in [1.54, 1.807) is 0 Å². The fraction of sp³-hybridized carbons (Fsp3) is 0. The van der Waals surface area contributed by atoms with Crippen molar-refractivity contribution < 1.29 is 67.7 Å². The summed E-state index contributed by atoms with van der Waals surface area (Å²) in [6, 6.07) is 0. The average Bonchev–Trinajstić information content (AvgIpc) is 1.37. The van der Waals surface area contributed by atoms with Crippen LogP contribution in [0.4, 0.5) is 0 Å². The van der Waals surface area contributed by atoms with E-state index < -0.39 is 0 Å². The van der Waals surface area contributed by atoms with E-state index >= 15 is 0 Å². The molecule has 0 rings (SSSR count). The van der Waals surface area contributed by atoms with Gasteiger partial charge in [-0.25, -0.2) is 0 Å². The summed E-state index contributed by atoms with van der Waals surface area (Å²) in [4.78, 5) is 2.86. The van der Waals surface area contributed by atoms with E-state index in [4.69, 9.17) is 9.96 Å². The molecule has 0 saturated carbocycles. The maximum absolute atomic E-state index is 8.70. The van der Waals surface area contributed by atoms with Crippen molar-refractivity contribution in [2.24, 2.45) is 0 Å². The van der Waals surface area contributed by atoms with Crippen molar-refractivity contribution in [3.63, 3.8) is 0 Å². The van der Waals surface area contributed by atoms with Gasteiger partial charge < -0.3 is 23.3 Å². The molecule has 0 aromatic rings. The van der Waals surface area contributed by atoms with Crippen molar-refractivity contribution >= 4 is 7.35 Å². The van der Waals surface area contributed by atoms with Crippen LogP contribution in [0, 0.1) is 0 Å². The minimum atomic E-state index is -0.0694. The molecule has 0 amide bonds. The van der Waals surface area contributed by atoms with Gasteiger partial charge in [-0.15, -0.1) is 0 Å². The zero-order valence-corrected chi connectivity index (χ0v) is 6.84. The molecule has 0 fully saturated rings. The van der Waals surface area contributed by atoms with Crippen LogP contribution in [-0.4, -0.2) is 34.5 Å². The second kappa shape index (κ2) is 77.6. The Labute approximate surface area is 75.2 Å². The maximum Gasteiger partial charge on any atom is 1.00 e. The van der Waals surface area contributed by atoms with Gasteiger partial charge in [-0.05, 0) is 0 Å². The van der Waals surface area contributed by atoms with Crippen LogP contribution in [0.3, 0.4) is 0 Å². The van der Waals surface area contributed by atoms with Crippen LogP contribution >= 0.6 is 0 Å². The molecule has 0 bridgehead atoms. The van der Waals surface area contributed by atoms with Crippen molar-refractivity contribution in [3.05, 3.63) is 0 Å². The normalized spacial score (nSPS) is 1.89. The van der Waals surface area contributed by atoms with Gasteiger partial charge in [0.25, 0.3) is 0 Å². The predicted molar refractivity (Wildman–Crippen MR) is 25.7 cm³/mol. The summed E-state index contributed by atoms with van der Waals surface area (Å²) in [6.07, 6.45) is 0. The number of rotatable bonds is 1. The molecule has 9 N–H and O–H groups in total. The first kappa shape index (κ1) is 56.5. The van der Waals surface area contributed by atoms with Crippen molar-refractivity contribution in [1.29, 1.82) is 0 Å². The molecule has 0 heterocycles. The van der Waals surface area contributed by atoms with Crippen LogP contribution in [0.5, 0.6) is 0 Å². The van der Waals surface area contributed by atoms with Crippen LogP contribution < -0.4 is 29.6 Å². The topological polar surface area (TPSA) is 173 Å². The van der Waals surface area contributed by atoms with Crippen molar-refractivity contribution in [1.82, 2.24) is 0 Å². The SMILES string of the molecule is O.O.O.O.O=BOO.[H-].[Na+]. The Balaban J connectivity index is -0.00000000300. The van der Waals surface area contributed by atoms with Crippen LogP contribution in [0.1, 0.15) is 1.43 Å². The first-order chi connectivity index (χ1) is 1.91. The van der Waals surface area contributed by atoms with Gasteiger partial charge in [0.2, 0.25) is 0 Å². The van der Waals surface area contributed by atoms with E-state index in [1.807, 2.05) is 0 Å². The first-order valence-corrected chi connectivity index (χ1v) is 0.654. The maximum atomic E-state index is 8.70. The van der Waals surface area contributed by atoms with Crippen LogP contribution in [0.25, 0.3) is 0 Å². The van der Waals surface area contributed by atoms with Gasteiger partial charge >= 0.3 is 51.7 Å². The average molecular weight is 156 g/mol. The molecule has 0 spiro atoms. The third-order valence-corrected chi connectivity index (χ3v) is 0.0430. The second-order valence-electron chi connectivity index (χ2n) is 0.202. The molecular weight excluding hydrogens is 146 g/mol. The minimum Gasteiger partial charge on any atom is -1.00 e. The molecule has 9 heavy (non-hydrogen) atoms. The molecule has 0 aliphatic carbocycles. The Bertz CT molecular complexity index is 27.6. The zero-order chi connectivity index (χ0) is 3.41. The third kappa shape index (κ3) is 165. The summed E-state index contributed by atoms with van der Waals surface area (Å²) in [6.45, 7) is 0. The second-order valence-corrected chi connectivity index (χ2v) is 0.202. The monoisotopic (exact) mass is 156 g/mol. The van der Waals surface area contributed by atoms with Crippen molar-refractivity contribution in [2.75, 3.05) is 0 Å². The first-order valence-electron chi connectivity index (χ1n) is 0.654. The van der Waals surface area contributed by atoms with E-state index in [1.165, 1.54) is 0 Å². The van der Waals surface area contributed by atoms with Gasteiger partial charge in [0, 0.05) is 0 Å². The van der Waals surface area contributed by atoms with E-state index in [0.29, 0.717) is 0 Å². The van der Waals surface area contributed by atoms with Gasteiger partial charge in [0.1, 0.15) is 0 Å². The summed E-state index contributed by atoms with van der Waals surface area (Å²) >= 11 is 0. The molecule has 56 valence electrons. The predicted octanol–water partition coefficient (Wildman–Crippen LogP) is -6.74. The molecule has 0 aromatic heterocycles. The molecule has 0 saturated heterocycles.